The second kappa shape index (κ2) is 3.37. The van der Waals surface area contributed by atoms with Crippen LogP contribution in [0.2, 0.25) is 0 Å². The summed E-state index contributed by atoms with van der Waals surface area (Å²) in [6, 6.07) is 5.47. The molecule has 0 aliphatic carbocycles. The number of H-pyrrole nitrogens is 1. The van der Waals surface area contributed by atoms with Crippen molar-refractivity contribution < 1.29 is 0 Å². The highest BCUT2D eigenvalue weighted by atomic mass is 14.9. The molecule has 0 fully saturated rings. The van der Waals surface area contributed by atoms with Crippen LogP contribution in [0.15, 0.2) is 36.9 Å². The molecular formula is C9H10N4. The average Bonchev–Trinajstić information content (AvgIpc) is 2.71. The summed E-state index contributed by atoms with van der Waals surface area (Å²) in [6.45, 7) is 0. The van der Waals surface area contributed by atoms with Gasteiger partial charge in [-0.3, -0.25) is 0 Å². The molecule has 1 unspecified atom stereocenters. The van der Waals surface area contributed by atoms with Crippen molar-refractivity contribution in [1.29, 1.82) is 0 Å². The van der Waals surface area contributed by atoms with E-state index in [-0.39, 0.29) is 6.04 Å². The number of hydrogen-bond donors (Lipinski definition) is 2. The monoisotopic (exact) mass is 174 g/mol. The summed E-state index contributed by atoms with van der Waals surface area (Å²) in [7, 11) is 0. The van der Waals surface area contributed by atoms with Crippen molar-refractivity contribution in [3.8, 4) is 0 Å². The number of rotatable bonds is 2. The average molecular weight is 174 g/mol. The van der Waals surface area contributed by atoms with Crippen LogP contribution in [0, 0.1) is 0 Å². The molecular weight excluding hydrogens is 164 g/mol. The van der Waals surface area contributed by atoms with Gasteiger partial charge in [-0.15, -0.1) is 0 Å². The summed E-state index contributed by atoms with van der Waals surface area (Å²) in [5, 5.41) is 0. The predicted molar refractivity (Wildman–Crippen MR) is 48.9 cm³/mol. The lowest BCUT2D eigenvalue weighted by Gasteiger charge is -2.07. The van der Waals surface area contributed by atoms with Crippen molar-refractivity contribution in [2.24, 2.45) is 5.73 Å². The molecule has 0 saturated heterocycles. The van der Waals surface area contributed by atoms with Gasteiger partial charge in [0.05, 0.1) is 11.7 Å². The van der Waals surface area contributed by atoms with Crippen LogP contribution in [-0.4, -0.2) is 15.0 Å². The van der Waals surface area contributed by atoms with E-state index in [2.05, 4.69) is 15.0 Å². The second-order valence-corrected chi connectivity index (χ2v) is 2.74. The molecule has 0 aromatic carbocycles. The van der Waals surface area contributed by atoms with Crippen LogP contribution in [0.3, 0.4) is 0 Å². The molecule has 66 valence electrons. The van der Waals surface area contributed by atoms with Crippen molar-refractivity contribution in [3.05, 3.63) is 48.3 Å². The molecule has 1 atom stereocenters. The van der Waals surface area contributed by atoms with Crippen molar-refractivity contribution in [2.45, 2.75) is 6.04 Å². The first-order valence-electron chi connectivity index (χ1n) is 4.02. The van der Waals surface area contributed by atoms with Gasteiger partial charge in [0.25, 0.3) is 0 Å². The van der Waals surface area contributed by atoms with Crippen LogP contribution in [0.4, 0.5) is 0 Å². The summed E-state index contributed by atoms with van der Waals surface area (Å²) in [4.78, 5) is 11.0. The molecule has 0 amide bonds. The Morgan fingerprint density at radius 1 is 1.38 bits per heavy atom. The fraction of sp³-hybridized carbons (Fsp3) is 0.111. The highest BCUT2D eigenvalue weighted by Crippen LogP contribution is 2.13. The third-order valence-corrected chi connectivity index (χ3v) is 1.88. The van der Waals surface area contributed by atoms with Gasteiger partial charge in [-0.2, -0.15) is 0 Å². The van der Waals surface area contributed by atoms with Gasteiger partial charge in [0, 0.05) is 18.1 Å². The minimum absolute atomic E-state index is 0.196. The predicted octanol–water partition coefficient (Wildman–Crippen LogP) is 0.853. The first-order chi connectivity index (χ1) is 6.38. The highest BCUT2D eigenvalue weighted by Gasteiger charge is 2.09. The summed E-state index contributed by atoms with van der Waals surface area (Å²) in [5.41, 5.74) is 7.71. The molecule has 2 heterocycles. The van der Waals surface area contributed by atoms with Gasteiger partial charge in [0.15, 0.2) is 0 Å². The van der Waals surface area contributed by atoms with E-state index in [4.69, 9.17) is 5.73 Å². The Kier molecular flexibility index (Phi) is 2.06. The zero-order valence-corrected chi connectivity index (χ0v) is 7.01. The topological polar surface area (TPSA) is 67.6 Å². The SMILES string of the molecule is NC(c1ccncn1)c1ccc[nH]1. The largest absolute Gasteiger partial charge is 0.363 e. The smallest absolute Gasteiger partial charge is 0.115 e. The molecule has 0 aliphatic rings. The molecule has 13 heavy (non-hydrogen) atoms. The Hall–Kier alpha value is -1.68. The second-order valence-electron chi connectivity index (χ2n) is 2.74. The minimum Gasteiger partial charge on any atom is -0.363 e. The first kappa shape index (κ1) is 7.94. The Labute approximate surface area is 75.8 Å². The summed E-state index contributed by atoms with van der Waals surface area (Å²) < 4.78 is 0. The van der Waals surface area contributed by atoms with Crippen LogP contribution in [-0.2, 0) is 0 Å². The molecule has 4 nitrogen and oxygen atoms in total. The summed E-state index contributed by atoms with van der Waals surface area (Å²) in [6.07, 6.45) is 5.03. The zero-order valence-electron chi connectivity index (χ0n) is 7.01. The minimum atomic E-state index is -0.196. The number of aromatic nitrogens is 3. The normalized spacial score (nSPS) is 12.7. The lowest BCUT2D eigenvalue weighted by atomic mass is 10.1. The maximum absolute atomic E-state index is 5.94. The van der Waals surface area contributed by atoms with Gasteiger partial charge >= 0.3 is 0 Å². The zero-order chi connectivity index (χ0) is 9.10. The molecule has 0 radical (unpaired) electrons. The number of nitrogens with zero attached hydrogens (tertiary/aromatic N) is 2. The molecule has 2 aromatic heterocycles. The van der Waals surface area contributed by atoms with E-state index in [1.165, 1.54) is 6.33 Å². The van der Waals surface area contributed by atoms with E-state index >= 15 is 0 Å². The van der Waals surface area contributed by atoms with Crippen LogP contribution < -0.4 is 5.73 Å². The number of nitrogens with two attached hydrogens (primary N) is 1. The van der Waals surface area contributed by atoms with Crippen molar-refractivity contribution in [2.75, 3.05) is 0 Å². The molecule has 3 N–H and O–H groups in total. The summed E-state index contributed by atoms with van der Waals surface area (Å²) >= 11 is 0. The molecule has 0 saturated carbocycles. The van der Waals surface area contributed by atoms with Gasteiger partial charge < -0.3 is 10.7 Å². The lowest BCUT2D eigenvalue weighted by molar-refractivity contribution is 0.795. The molecule has 0 bridgehead atoms. The lowest BCUT2D eigenvalue weighted by Crippen LogP contribution is -2.13. The van der Waals surface area contributed by atoms with E-state index in [9.17, 15) is 0 Å². The van der Waals surface area contributed by atoms with Gasteiger partial charge in [0.2, 0.25) is 0 Å². The number of aromatic amines is 1. The van der Waals surface area contributed by atoms with E-state index in [1.807, 2.05) is 24.4 Å². The van der Waals surface area contributed by atoms with Crippen molar-refractivity contribution >= 4 is 0 Å². The molecule has 4 heteroatoms. The van der Waals surface area contributed by atoms with Gasteiger partial charge in [-0.05, 0) is 18.2 Å². The van der Waals surface area contributed by atoms with Crippen LogP contribution >= 0.6 is 0 Å². The third kappa shape index (κ3) is 1.57. The Balaban J connectivity index is 2.29. The standard InChI is InChI=1S/C9H10N4/c10-9(7-2-1-4-12-7)8-3-5-11-6-13-8/h1-6,9,12H,10H2. The van der Waals surface area contributed by atoms with Crippen LogP contribution in [0.25, 0.3) is 0 Å². The van der Waals surface area contributed by atoms with E-state index in [1.54, 1.807) is 6.20 Å². The van der Waals surface area contributed by atoms with E-state index in [0.29, 0.717) is 0 Å². The Morgan fingerprint density at radius 3 is 2.92 bits per heavy atom. The third-order valence-electron chi connectivity index (χ3n) is 1.88. The molecule has 0 aliphatic heterocycles. The Bertz CT molecular complexity index is 354. The van der Waals surface area contributed by atoms with Crippen LogP contribution in [0.5, 0.6) is 0 Å². The molecule has 0 spiro atoms. The van der Waals surface area contributed by atoms with Crippen molar-refractivity contribution in [3.63, 3.8) is 0 Å². The molecule has 2 rings (SSSR count). The highest BCUT2D eigenvalue weighted by molar-refractivity contribution is 5.19. The summed E-state index contributed by atoms with van der Waals surface area (Å²) in [5.74, 6) is 0. The van der Waals surface area contributed by atoms with E-state index < -0.39 is 0 Å². The maximum Gasteiger partial charge on any atom is 0.115 e. The number of nitrogens with one attached hydrogen (secondary N) is 1. The first-order valence-corrected chi connectivity index (χ1v) is 4.02. The number of hydrogen-bond acceptors (Lipinski definition) is 3. The van der Waals surface area contributed by atoms with Crippen LogP contribution in [0.1, 0.15) is 17.4 Å². The van der Waals surface area contributed by atoms with Crippen molar-refractivity contribution in [1.82, 2.24) is 15.0 Å². The van der Waals surface area contributed by atoms with Gasteiger partial charge in [0.1, 0.15) is 6.33 Å². The van der Waals surface area contributed by atoms with Gasteiger partial charge in [-0.1, -0.05) is 0 Å². The maximum atomic E-state index is 5.94. The Morgan fingerprint density at radius 2 is 2.31 bits per heavy atom. The quantitative estimate of drug-likeness (QED) is 0.709. The fourth-order valence-electron chi connectivity index (χ4n) is 1.18. The van der Waals surface area contributed by atoms with Gasteiger partial charge in [-0.25, -0.2) is 9.97 Å². The van der Waals surface area contributed by atoms with E-state index in [0.717, 1.165) is 11.4 Å². The fourth-order valence-corrected chi connectivity index (χ4v) is 1.18. The molecule has 2 aromatic rings.